The number of rotatable bonds is 2. The first-order valence-electron chi connectivity index (χ1n) is 4.84. The summed E-state index contributed by atoms with van der Waals surface area (Å²) in [6, 6.07) is 11.1. The fourth-order valence-corrected chi connectivity index (χ4v) is 1.55. The lowest BCUT2D eigenvalue weighted by Gasteiger charge is -2.07. The van der Waals surface area contributed by atoms with Crippen molar-refractivity contribution in [3.8, 4) is 22.6 Å². The number of ether oxygens (including phenoxy) is 1. The van der Waals surface area contributed by atoms with E-state index in [4.69, 9.17) is 4.74 Å². The monoisotopic (exact) mass is 218 g/mol. The summed E-state index contributed by atoms with van der Waals surface area (Å²) >= 11 is 0. The Balaban J connectivity index is 2.53. The zero-order chi connectivity index (χ0) is 11.5. The van der Waals surface area contributed by atoms with Gasteiger partial charge in [-0.2, -0.15) is 0 Å². The van der Waals surface area contributed by atoms with Crippen LogP contribution in [-0.2, 0) is 0 Å². The van der Waals surface area contributed by atoms with E-state index in [0.717, 1.165) is 0 Å². The SMILES string of the molecule is COc1ccc(-c2ccccc2F)c(O)c1. The minimum absolute atomic E-state index is 0.00412. The van der Waals surface area contributed by atoms with Gasteiger partial charge in [-0.1, -0.05) is 18.2 Å². The number of aromatic hydroxyl groups is 1. The summed E-state index contributed by atoms with van der Waals surface area (Å²) in [5.41, 5.74) is 0.835. The predicted octanol–water partition coefficient (Wildman–Crippen LogP) is 3.21. The Labute approximate surface area is 92.9 Å². The summed E-state index contributed by atoms with van der Waals surface area (Å²) in [4.78, 5) is 0. The molecule has 3 heteroatoms. The lowest BCUT2D eigenvalue weighted by atomic mass is 10.0. The highest BCUT2D eigenvalue weighted by molar-refractivity contribution is 5.71. The smallest absolute Gasteiger partial charge is 0.131 e. The molecule has 0 fully saturated rings. The lowest BCUT2D eigenvalue weighted by Crippen LogP contribution is -1.86. The van der Waals surface area contributed by atoms with Gasteiger partial charge in [0.15, 0.2) is 0 Å². The lowest BCUT2D eigenvalue weighted by molar-refractivity contribution is 0.408. The molecule has 0 unspecified atom stereocenters. The van der Waals surface area contributed by atoms with Crippen LogP contribution in [0.2, 0.25) is 0 Å². The number of benzene rings is 2. The van der Waals surface area contributed by atoms with Crippen LogP contribution < -0.4 is 4.74 Å². The molecule has 0 saturated heterocycles. The maximum atomic E-state index is 13.5. The van der Waals surface area contributed by atoms with Crippen molar-refractivity contribution in [2.75, 3.05) is 7.11 Å². The van der Waals surface area contributed by atoms with E-state index in [1.807, 2.05) is 0 Å². The highest BCUT2D eigenvalue weighted by Crippen LogP contribution is 2.33. The molecule has 2 aromatic rings. The Morgan fingerprint density at radius 2 is 1.81 bits per heavy atom. The van der Waals surface area contributed by atoms with Gasteiger partial charge in [-0.25, -0.2) is 4.39 Å². The maximum Gasteiger partial charge on any atom is 0.131 e. The van der Waals surface area contributed by atoms with Crippen LogP contribution in [0.3, 0.4) is 0 Å². The molecule has 0 saturated carbocycles. The van der Waals surface area contributed by atoms with Crippen LogP contribution in [-0.4, -0.2) is 12.2 Å². The highest BCUT2D eigenvalue weighted by Gasteiger charge is 2.09. The van der Waals surface area contributed by atoms with Crippen LogP contribution >= 0.6 is 0 Å². The first-order chi connectivity index (χ1) is 7.72. The number of phenolic OH excluding ortho intramolecular Hbond substituents is 1. The van der Waals surface area contributed by atoms with Gasteiger partial charge in [0.25, 0.3) is 0 Å². The standard InChI is InChI=1S/C13H11FO2/c1-16-9-6-7-11(13(15)8-9)10-4-2-3-5-12(10)14/h2-8,15H,1H3. The molecule has 0 atom stereocenters. The Morgan fingerprint density at radius 3 is 2.44 bits per heavy atom. The van der Waals surface area contributed by atoms with Crippen LogP contribution in [0.1, 0.15) is 0 Å². The summed E-state index contributed by atoms with van der Waals surface area (Å²) in [6.07, 6.45) is 0. The second-order valence-corrected chi connectivity index (χ2v) is 3.36. The molecule has 82 valence electrons. The molecule has 0 heterocycles. The van der Waals surface area contributed by atoms with Gasteiger partial charge in [0.2, 0.25) is 0 Å². The molecule has 0 aliphatic heterocycles. The topological polar surface area (TPSA) is 29.5 Å². The number of hydrogen-bond donors (Lipinski definition) is 1. The highest BCUT2D eigenvalue weighted by atomic mass is 19.1. The van der Waals surface area contributed by atoms with Crippen molar-refractivity contribution in [2.24, 2.45) is 0 Å². The summed E-state index contributed by atoms with van der Waals surface area (Å²) in [7, 11) is 1.51. The average Bonchev–Trinajstić information content (AvgIpc) is 2.30. The van der Waals surface area contributed by atoms with E-state index in [0.29, 0.717) is 16.9 Å². The number of halogens is 1. The average molecular weight is 218 g/mol. The fraction of sp³-hybridized carbons (Fsp3) is 0.0769. The zero-order valence-electron chi connectivity index (χ0n) is 8.77. The van der Waals surface area contributed by atoms with Gasteiger partial charge in [0.1, 0.15) is 17.3 Å². The molecule has 0 bridgehead atoms. The van der Waals surface area contributed by atoms with Crippen molar-refractivity contribution < 1.29 is 14.2 Å². The minimum atomic E-state index is -0.358. The van der Waals surface area contributed by atoms with Gasteiger partial charge in [0.05, 0.1) is 7.11 Å². The molecule has 0 aromatic heterocycles. The molecule has 0 aliphatic carbocycles. The third kappa shape index (κ3) is 1.84. The van der Waals surface area contributed by atoms with Crippen molar-refractivity contribution in [3.05, 3.63) is 48.3 Å². The quantitative estimate of drug-likeness (QED) is 0.838. The molecule has 2 aromatic carbocycles. The van der Waals surface area contributed by atoms with Crippen molar-refractivity contribution >= 4 is 0 Å². The van der Waals surface area contributed by atoms with Gasteiger partial charge >= 0.3 is 0 Å². The molecule has 1 N–H and O–H groups in total. The van der Waals surface area contributed by atoms with Crippen molar-refractivity contribution in [3.63, 3.8) is 0 Å². The van der Waals surface area contributed by atoms with Crippen molar-refractivity contribution in [2.45, 2.75) is 0 Å². The summed E-state index contributed by atoms with van der Waals surface area (Å²) in [5.74, 6) is 0.185. The minimum Gasteiger partial charge on any atom is -0.507 e. The zero-order valence-corrected chi connectivity index (χ0v) is 8.77. The fourth-order valence-electron chi connectivity index (χ4n) is 1.55. The van der Waals surface area contributed by atoms with E-state index in [1.165, 1.54) is 19.2 Å². The number of phenols is 1. The van der Waals surface area contributed by atoms with Gasteiger partial charge in [0, 0.05) is 17.2 Å². The molecule has 0 spiro atoms. The molecular weight excluding hydrogens is 207 g/mol. The summed E-state index contributed by atoms with van der Waals surface area (Å²) in [6.45, 7) is 0. The van der Waals surface area contributed by atoms with Crippen LogP contribution in [0.25, 0.3) is 11.1 Å². The normalized spacial score (nSPS) is 10.1. The molecular formula is C13H11FO2. The second-order valence-electron chi connectivity index (χ2n) is 3.36. The van der Waals surface area contributed by atoms with Crippen LogP contribution in [0.15, 0.2) is 42.5 Å². The first-order valence-corrected chi connectivity index (χ1v) is 4.84. The van der Waals surface area contributed by atoms with E-state index in [-0.39, 0.29) is 11.6 Å². The van der Waals surface area contributed by atoms with E-state index in [2.05, 4.69) is 0 Å². The largest absolute Gasteiger partial charge is 0.507 e. The van der Waals surface area contributed by atoms with Gasteiger partial charge in [-0.05, 0) is 18.2 Å². The van der Waals surface area contributed by atoms with E-state index < -0.39 is 0 Å². The van der Waals surface area contributed by atoms with E-state index in [1.54, 1.807) is 30.3 Å². The van der Waals surface area contributed by atoms with Gasteiger partial charge < -0.3 is 9.84 Å². The van der Waals surface area contributed by atoms with E-state index in [9.17, 15) is 9.50 Å². The van der Waals surface area contributed by atoms with E-state index >= 15 is 0 Å². The molecule has 2 nitrogen and oxygen atoms in total. The maximum absolute atomic E-state index is 13.5. The van der Waals surface area contributed by atoms with Crippen LogP contribution in [0.5, 0.6) is 11.5 Å². The Kier molecular flexibility index (Phi) is 2.77. The molecule has 16 heavy (non-hydrogen) atoms. The number of methoxy groups -OCH3 is 1. The summed E-state index contributed by atoms with van der Waals surface area (Å²) < 4.78 is 18.5. The van der Waals surface area contributed by atoms with Crippen molar-refractivity contribution in [1.29, 1.82) is 0 Å². The predicted molar refractivity (Wildman–Crippen MR) is 60.1 cm³/mol. The van der Waals surface area contributed by atoms with Crippen molar-refractivity contribution in [1.82, 2.24) is 0 Å². The molecule has 0 radical (unpaired) electrons. The van der Waals surface area contributed by atoms with Gasteiger partial charge in [-0.15, -0.1) is 0 Å². The second kappa shape index (κ2) is 4.23. The number of hydrogen-bond acceptors (Lipinski definition) is 2. The molecule has 0 aliphatic rings. The molecule has 0 amide bonds. The Morgan fingerprint density at radius 1 is 1.06 bits per heavy atom. The van der Waals surface area contributed by atoms with Crippen LogP contribution in [0.4, 0.5) is 4.39 Å². The third-order valence-corrected chi connectivity index (χ3v) is 2.37. The Bertz CT molecular complexity index is 509. The Hall–Kier alpha value is -2.03. The summed E-state index contributed by atoms with van der Waals surface area (Å²) in [5, 5.41) is 9.75. The van der Waals surface area contributed by atoms with Crippen LogP contribution in [0, 0.1) is 5.82 Å². The molecule has 2 rings (SSSR count). The van der Waals surface area contributed by atoms with Gasteiger partial charge in [-0.3, -0.25) is 0 Å². The first kappa shape index (κ1) is 10.5. The third-order valence-electron chi connectivity index (χ3n) is 2.37.